The van der Waals surface area contributed by atoms with Crippen LogP contribution in [0.5, 0.6) is 0 Å². The predicted octanol–water partition coefficient (Wildman–Crippen LogP) is 1.57. The van der Waals surface area contributed by atoms with Gasteiger partial charge < -0.3 is 4.90 Å². The van der Waals surface area contributed by atoms with Crippen LogP contribution in [0.25, 0.3) is 0 Å². The molecular weight excluding hydrogens is 160 g/mol. The van der Waals surface area contributed by atoms with Gasteiger partial charge in [-0.25, -0.2) is 0 Å². The van der Waals surface area contributed by atoms with Crippen LogP contribution in [-0.4, -0.2) is 48.6 Å². The van der Waals surface area contributed by atoms with Crippen molar-refractivity contribution in [3.8, 4) is 0 Å². The van der Waals surface area contributed by atoms with Crippen molar-refractivity contribution in [1.82, 2.24) is 9.80 Å². The van der Waals surface area contributed by atoms with Crippen LogP contribution in [0.1, 0.15) is 32.6 Å². The van der Waals surface area contributed by atoms with Crippen LogP contribution >= 0.6 is 0 Å². The van der Waals surface area contributed by atoms with E-state index in [2.05, 4.69) is 23.8 Å². The molecule has 2 heteroatoms. The summed E-state index contributed by atoms with van der Waals surface area (Å²) in [5.41, 5.74) is 0.564. The van der Waals surface area contributed by atoms with Gasteiger partial charge in [0.05, 0.1) is 0 Å². The SMILES string of the molecule is CCN1CCC2(CCCCN2C)C1. The molecule has 0 aromatic rings. The van der Waals surface area contributed by atoms with Gasteiger partial charge in [-0.1, -0.05) is 13.3 Å². The van der Waals surface area contributed by atoms with E-state index < -0.39 is 0 Å². The van der Waals surface area contributed by atoms with Gasteiger partial charge in [0.15, 0.2) is 0 Å². The summed E-state index contributed by atoms with van der Waals surface area (Å²) in [6.07, 6.45) is 5.68. The first-order valence-electron chi connectivity index (χ1n) is 5.70. The highest BCUT2D eigenvalue weighted by molar-refractivity contribution is 4.99. The van der Waals surface area contributed by atoms with E-state index in [1.807, 2.05) is 0 Å². The lowest BCUT2D eigenvalue weighted by atomic mass is 9.86. The Morgan fingerprint density at radius 2 is 2.00 bits per heavy atom. The predicted molar refractivity (Wildman–Crippen MR) is 55.9 cm³/mol. The fourth-order valence-corrected chi connectivity index (χ4v) is 2.96. The molecule has 1 unspecified atom stereocenters. The number of rotatable bonds is 1. The Bertz CT molecular complexity index is 181. The Hall–Kier alpha value is -0.0800. The number of hydrogen-bond acceptors (Lipinski definition) is 2. The van der Waals surface area contributed by atoms with Gasteiger partial charge in [-0.2, -0.15) is 0 Å². The molecule has 2 heterocycles. The highest BCUT2D eigenvalue weighted by atomic mass is 15.3. The average Bonchev–Trinajstić information content (AvgIpc) is 2.56. The average molecular weight is 182 g/mol. The minimum Gasteiger partial charge on any atom is -0.302 e. The standard InChI is InChI=1S/C11H22N2/c1-3-13-9-7-11(10-13)6-4-5-8-12(11)2/h3-10H2,1-2H3. The molecule has 0 aliphatic carbocycles. The van der Waals surface area contributed by atoms with Crippen LogP contribution in [0.15, 0.2) is 0 Å². The topological polar surface area (TPSA) is 6.48 Å². The van der Waals surface area contributed by atoms with Gasteiger partial charge >= 0.3 is 0 Å². The summed E-state index contributed by atoms with van der Waals surface area (Å²) in [5.74, 6) is 0. The van der Waals surface area contributed by atoms with E-state index in [9.17, 15) is 0 Å². The first-order valence-corrected chi connectivity index (χ1v) is 5.70. The van der Waals surface area contributed by atoms with Gasteiger partial charge in [0.2, 0.25) is 0 Å². The minimum atomic E-state index is 0.564. The highest BCUT2D eigenvalue weighted by Crippen LogP contribution is 2.35. The van der Waals surface area contributed by atoms with E-state index in [1.165, 1.54) is 51.9 Å². The summed E-state index contributed by atoms with van der Waals surface area (Å²) < 4.78 is 0. The summed E-state index contributed by atoms with van der Waals surface area (Å²) in [4.78, 5) is 5.22. The third-order valence-electron chi connectivity index (χ3n) is 4.05. The minimum absolute atomic E-state index is 0.564. The zero-order valence-electron chi connectivity index (χ0n) is 9.05. The summed E-state index contributed by atoms with van der Waals surface area (Å²) in [5, 5.41) is 0. The molecule has 0 bridgehead atoms. The molecule has 1 spiro atoms. The smallest absolute Gasteiger partial charge is 0.0345 e. The van der Waals surface area contributed by atoms with Crippen molar-refractivity contribution >= 4 is 0 Å². The second-order valence-electron chi connectivity index (χ2n) is 4.72. The lowest BCUT2D eigenvalue weighted by Crippen LogP contribution is -2.51. The molecule has 13 heavy (non-hydrogen) atoms. The van der Waals surface area contributed by atoms with Gasteiger partial charge in [-0.05, 0) is 39.4 Å². The molecule has 2 aliphatic heterocycles. The number of likely N-dealkylation sites (tertiary alicyclic amines) is 2. The lowest BCUT2D eigenvalue weighted by Gasteiger charge is -2.42. The summed E-state index contributed by atoms with van der Waals surface area (Å²) in [6, 6.07) is 0. The van der Waals surface area contributed by atoms with Gasteiger partial charge in [0.1, 0.15) is 0 Å². The molecular formula is C11H22N2. The number of likely N-dealkylation sites (N-methyl/N-ethyl adjacent to an activating group) is 2. The molecule has 0 amide bonds. The molecule has 2 rings (SSSR count). The van der Waals surface area contributed by atoms with Crippen LogP contribution in [0.3, 0.4) is 0 Å². The summed E-state index contributed by atoms with van der Waals surface area (Å²) in [6.45, 7) is 7.47. The maximum Gasteiger partial charge on any atom is 0.0345 e. The zero-order valence-corrected chi connectivity index (χ0v) is 9.05. The molecule has 0 aromatic heterocycles. The Morgan fingerprint density at radius 1 is 1.15 bits per heavy atom. The van der Waals surface area contributed by atoms with Crippen molar-refractivity contribution < 1.29 is 0 Å². The fraction of sp³-hybridized carbons (Fsp3) is 1.00. The van der Waals surface area contributed by atoms with Crippen molar-refractivity contribution in [3.05, 3.63) is 0 Å². The van der Waals surface area contributed by atoms with E-state index in [1.54, 1.807) is 0 Å². The van der Waals surface area contributed by atoms with E-state index in [0.29, 0.717) is 5.54 Å². The van der Waals surface area contributed by atoms with Crippen LogP contribution in [0.2, 0.25) is 0 Å². The third-order valence-corrected chi connectivity index (χ3v) is 4.05. The van der Waals surface area contributed by atoms with Gasteiger partial charge in [0.25, 0.3) is 0 Å². The number of hydrogen-bond donors (Lipinski definition) is 0. The normalized spacial score (nSPS) is 37.4. The van der Waals surface area contributed by atoms with Crippen molar-refractivity contribution in [1.29, 1.82) is 0 Å². The molecule has 76 valence electrons. The lowest BCUT2D eigenvalue weighted by molar-refractivity contribution is 0.0799. The monoisotopic (exact) mass is 182 g/mol. The summed E-state index contributed by atoms with van der Waals surface area (Å²) in [7, 11) is 2.32. The number of piperidine rings is 1. The molecule has 0 saturated carbocycles. The molecule has 2 fully saturated rings. The fourth-order valence-electron chi connectivity index (χ4n) is 2.96. The first-order chi connectivity index (χ1) is 6.27. The molecule has 2 saturated heterocycles. The Labute approximate surface area is 81.9 Å². The van der Waals surface area contributed by atoms with Crippen molar-refractivity contribution in [3.63, 3.8) is 0 Å². The molecule has 0 aromatic carbocycles. The molecule has 2 nitrogen and oxygen atoms in total. The van der Waals surface area contributed by atoms with E-state index in [4.69, 9.17) is 0 Å². The van der Waals surface area contributed by atoms with Crippen molar-refractivity contribution in [2.24, 2.45) is 0 Å². The van der Waals surface area contributed by atoms with Gasteiger partial charge in [-0.3, -0.25) is 4.90 Å². The van der Waals surface area contributed by atoms with Crippen molar-refractivity contribution in [2.45, 2.75) is 38.1 Å². The van der Waals surface area contributed by atoms with Gasteiger partial charge in [-0.15, -0.1) is 0 Å². The van der Waals surface area contributed by atoms with E-state index >= 15 is 0 Å². The second-order valence-corrected chi connectivity index (χ2v) is 4.72. The Morgan fingerprint density at radius 3 is 2.62 bits per heavy atom. The maximum atomic E-state index is 2.62. The first kappa shape index (κ1) is 9.47. The van der Waals surface area contributed by atoms with Crippen LogP contribution in [-0.2, 0) is 0 Å². The zero-order chi connectivity index (χ0) is 9.31. The quantitative estimate of drug-likeness (QED) is 0.607. The van der Waals surface area contributed by atoms with Crippen molar-refractivity contribution in [2.75, 3.05) is 33.2 Å². The van der Waals surface area contributed by atoms with E-state index in [0.717, 1.165) is 0 Å². The third kappa shape index (κ3) is 1.62. The van der Waals surface area contributed by atoms with Crippen LogP contribution in [0.4, 0.5) is 0 Å². The molecule has 0 N–H and O–H groups in total. The highest BCUT2D eigenvalue weighted by Gasteiger charge is 2.41. The second kappa shape index (κ2) is 3.58. The largest absolute Gasteiger partial charge is 0.302 e. The maximum absolute atomic E-state index is 2.62. The molecule has 1 atom stereocenters. The Kier molecular flexibility index (Phi) is 2.61. The molecule has 0 radical (unpaired) electrons. The van der Waals surface area contributed by atoms with Crippen LogP contribution in [0, 0.1) is 0 Å². The van der Waals surface area contributed by atoms with Crippen LogP contribution < -0.4 is 0 Å². The molecule has 2 aliphatic rings. The number of nitrogens with zero attached hydrogens (tertiary/aromatic N) is 2. The van der Waals surface area contributed by atoms with E-state index in [-0.39, 0.29) is 0 Å². The Balaban J connectivity index is 2.03. The summed E-state index contributed by atoms with van der Waals surface area (Å²) >= 11 is 0. The van der Waals surface area contributed by atoms with Gasteiger partial charge in [0, 0.05) is 18.6 Å².